The Kier molecular flexibility index (Phi) is 3.24. The van der Waals surface area contributed by atoms with Gasteiger partial charge >= 0.3 is 5.88 Å². The van der Waals surface area contributed by atoms with E-state index in [0.29, 0.717) is 0 Å². The van der Waals surface area contributed by atoms with Crippen LogP contribution in [0.15, 0.2) is 18.3 Å². The molecule has 0 aliphatic heterocycles. The van der Waals surface area contributed by atoms with Crippen LogP contribution >= 0.6 is 0 Å². The zero-order chi connectivity index (χ0) is 5.98. The van der Waals surface area contributed by atoms with E-state index in [2.05, 4.69) is 4.98 Å². The molecule has 0 bridgehead atoms. The summed E-state index contributed by atoms with van der Waals surface area (Å²) in [6, 6.07) is 3.56. The van der Waals surface area contributed by atoms with E-state index in [1.807, 2.05) is 13.0 Å². The monoisotopic (exact) mass is 189 g/mol. The van der Waals surface area contributed by atoms with Gasteiger partial charge in [0.2, 0.25) is 0 Å². The molecule has 0 radical (unpaired) electrons. The van der Waals surface area contributed by atoms with Gasteiger partial charge in [-0.1, -0.05) is 0 Å². The van der Waals surface area contributed by atoms with Crippen LogP contribution in [0.5, 0.6) is 5.88 Å². The molecule has 0 fully saturated rings. The molecule has 0 saturated heterocycles. The summed E-state index contributed by atoms with van der Waals surface area (Å²) >= 11 is 0. The third-order valence-corrected chi connectivity index (χ3v) is 0.942. The first kappa shape index (κ1) is 8.43. The Morgan fingerprint density at radius 1 is 1.56 bits per heavy atom. The van der Waals surface area contributed by atoms with Crippen molar-refractivity contribution in [3.8, 4) is 5.88 Å². The number of nitrogens with one attached hydrogen (secondary N) is 1. The molecule has 0 aliphatic carbocycles. The van der Waals surface area contributed by atoms with Crippen molar-refractivity contribution in [3.05, 3.63) is 23.9 Å². The first-order valence-electron chi connectivity index (χ1n) is 2.46. The molecule has 2 nitrogen and oxygen atoms in total. The predicted octanol–water partition coefficient (Wildman–Crippen LogP) is -2.48. The first-order chi connectivity index (χ1) is 3.79. The van der Waals surface area contributed by atoms with E-state index in [1.54, 1.807) is 12.3 Å². The largest absolute Gasteiger partial charge is 1.00 e. The Morgan fingerprint density at radius 2 is 2.22 bits per heavy atom. The lowest BCUT2D eigenvalue weighted by Crippen LogP contribution is -3.00. The van der Waals surface area contributed by atoms with E-state index < -0.39 is 0 Å². The van der Waals surface area contributed by atoms with Crippen molar-refractivity contribution in [2.24, 2.45) is 0 Å². The van der Waals surface area contributed by atoms with E-state index in [9.17, 15) is 0 Å². The van der Waals surface area contributed by atoms with Gasteiger partial charge in [0.05, 0.1) is 6.07 Å². The van der Waals surface area contributed by atoms with Crippen LogP contribution in [0.2, 0.25) is 0 Å². The molecule has 50 valence electrons. The number of aryl methyl sites for hydroxylation is 1. The minimum Gasteiger partial charge on any atom is -1.00 e. The van der Waals surface area contributed by atoms with Crippen LogP contribution in [0.3, 0.4) is 0 Å². The second kappa shape index (κ2) is 3.45. The molecule has 2 N–H and O–H groups in total. The van der Waals surface area contributed by atoms with Crippen LogP contribution in [0.1, 0.15) is 5.56 Å². The minimum atomic E-state index is 0. The first-order valence-corrected chi connectivity index (χ1v) is 2.46. The van der Waals surface area contributed by atoms with Gasteiger partial charge in [0.1, 0.15) is 0 Å². The number of aromatic nitrogens is 1. The summed E-state index contributed by atoms with van der Waals surface area (Å²) in [5.74, 6) is 0.213. The number of halogens is 1. The van der Waals surface area contributed by atoms with Gasteiger partial charge in [0.15, 0.2) is 6.20 Å². The number of pyridine rings is 1. The predicted molar refractivity (Wildman–Crippen MR) is 29.4 cm³/mol. The molecule has 0 aliphatic rings. The van der Waals surface area contributed by atoms with Crippen molar-refractivity contribution in [2.75, 3.05) is 0 Å². The van der Waals surface area contributed by atoms with Crippen LogP contribution < -0.4 is 22.0 Å². The second-order valence-corrected chi connectivity index (χ2v) is 1.75. The van der Waals surface area contributed by atoms with Crippen LogP contribution in [0.25, 0.3) is 0 Å². The third-order valence-electron chi connectivity index (χ3n) is 0.942. The van der Waals surface area contributed by atoms with Crippen molar-refractivity contribution >= 4 is 0 Å². The highest BCUT2D eigenvalue weighted by Gasteiger charge is 1.91. The highest BCUT2D eigenvalue weighted by molar-refractivity contribution is 5.11. The van der Waals surface area contributed by atoms with Crippen LogP contribution in [0.4, 0.5) is 0 Å². The maximum atomic E-state index is 8.76. The van der Waals surface area contributed by atoms with Crippen molar-refractivity contribution in [3.63, 3.8) is 0 Å². The molecule has 1 rings (SSSR count). The normalized spacial score (nSPS) is 8.11. The lowest BCUT2D eigenvalue weighted by molar-refractivity contribution is -0.394. The molecule has 1 aromatic heterocycles. The average molecular weight is 190 g/mol. The van der Waals surface area contributed by atoms with Gasteiger partial charge in [-0.3, -0.25) is 0 Å². The van der Waals surface area contributed by atoms with Gasteiger partial charge in [0, 0.05) is 6.07 Å². The van der Waals surface area contributed by atoms with Crippen LogP contribution in [0, 0.1) is 6.92 Å². The number of hydrogen-bond donors (Lipinski definition) is 1. The Labute approximate surface area is 64.3 Å². The number of hydrogen-bond acceptors (Lipinski definition) is 1. The highest BCUT2D eigenvalue weighted by Crippen LogP contribution is 1.99. The molecular weight excluding hydrogens is 182 g/mol. The van der Waals surface area contributed by atoms with Crippen molar-refractivity contribution in [1.82, 2.24) is 0 Å². The van der Waals surface area contributed by atoms with E-state index >= 15 is 0 Å². The van der Waals surface area contributed by atoms with Crippen LogP contribution in [-0.4, -0.2) is 5.11 Å². The van der Waals surface area contributed by atoms with Gasteiger partial charge in [-0.05, 0) is 12.5 Å². The van der Waals surface area contributed by atoms with E-state index in [0.717, 1.165) is 5.56 Å². The summed E-state index contributed by atoms with van der Waals surface area (Å²) < 4.78 is 0. The number of rotatable bonds is 0. The Morgan fingerprint density at radius 3 is 2.56 bits per heavy atom. The molecule has 1 aromatic rings. The molecule has 0 amide bonds. The van der Waals surface area contributed by atoms with Gasteiger partial charge in [0.25, 0.3) is 0 Å². The zero-order valence-electron chi connectivity index (χ0n) is 5.06. The van der Waals surface area contributed by atoms with Gasteiger partial charge in [-0.2, -0.15) is 4.98 Å². The topological polar surface area (TPSA) is 34.4 Å². The van der Waals surface area contributed by atoms with E-state index in [-0.39, 0.29) is 22.9 Å². The third kappa shape index (κ3) is 2.46. The summed E-state index contributed by atoms with van der Waals surface area (Å²) in [5, 5.41) is 8.76. The SMILES string of the molecule is Cc1cc[nH+]c(O)c1.[Br-]. The summed E-state index contributed by atoms with van der Waals surface area (Å²) in [6.07, 6.45) is 1.70. The quantitative estimate of drug-likeness (QED) is 0.483. The molecule has 0 saturated carbocycles. The number of H-pyrrole nitrogens is 1. The number of aromatic amines is 1. The van der Waals surface area contributed by atoms with Gasteiger partial charge in [-0.15, -0.1) is 0 Å². The second-order valence-electron chi connectivity index (χ2n) is 1.75. The van der Waals surface area contributed by atoms with Crippen molar-refractivity contribution < 1.29 is 27.1 Å². The molecule has 9 heavy (non-hydrogen) atoms. The highest BCUT2D eigenvalue weighted by atomic mass is 79.9. The summed E-state index contributed by atoms with van der Waals surface area (Å²) in [7, 11) is 0. The smallest absolute Gasteiger partial charge is 0.363 e. The van der Waals surface area contributed by atoms with Crippen LogP contribution in [-0.2, 0) is 0 Å². The fourth-order valence-electron chi connectivity index (χ4n) is 0.564. The molecule has 0 unspecified atom stereocenters. The van der Waals surface area contributed by atoms with Gasteiger partial charge < -0.3 is 22.1 Å². The summed E-state index contributed by atoms with van der Waals surface area (Å²) in [4.78, 5) is 2.63. The molecule has 1 heterocycles. The minimum absolute atomic E-state index is 0. The lowest BCUT2D eigenvalue weighted by atomic mass is 10.3. The molecule has 3 heteroatoms. The fraction of sp³-hybridized carbons (Fsp3) is 0.167. The summed E-state index contributed by atoms with van der Waals surface area (Å²) in [6.45, 7) is 1.92. The Hall–Kier alpha value is -0.570. The molecule has 0 spiro atoms. The average Bonchev–Trinajstić information content (AvgIpc) is 1.64. The van der Waals surface area contributed by atoms with E-state index in [4.69, 9.17) is 5.11 Å². The fourth-order valence-corrected chi connectivity index (χ4v) is 0.564. The maximum Gasteiger partial charge on any atom is 0.363 e. The standard InChI is InChI=1S/C6H7NO.BrH/c1-5-2-3-7-6(8)4-5;/h2-4H,1H3,(H,7,8);1H. The van der Waals surface area contributed by atoms with Gasteiger partial charge in [-0.25, -0.2) is 0 Å². The maximum absolute atomic E-state index is 8.76. The zero-order valence-corrected chi connectivity index (χ0v) is 6.64. The van der Waals surface area contributed by atoms with Crippen molar-refractivity contribution in [1.29, 1.82) is 0 Å². The Bertz CT molecular complexity index is 173. The lowest BCUT2D eigenvalue weighted by Gasteiger charge is -1.82. The summed E-state index contributed by atoms with van der Waals surface area (Å²) in [5.41, 5.74) is 1.06. The Balaban J connectivity index is 0.000000640. The number of aromatic hydroxyl groups is 1. The van der Waals surface area contributed by atoms with Crippen molar-refractivity contribution in [2.45, 2.75) is 6.92 Å². The molecule has 0 aromatic carbocycles. The molecule has 0 atom stereocenters. The molecular formula is C6H8BrNO. The van der Waals surface area contributed by atoms with E-state index in [1.165, 1.54) is 0 Å².